The zero-order chi connectivity index (χ0) is 105. The Hall–Kier alpha value is -9.58. The van der Waals surface area contributed by atoms with Crippen LogP contribution >= 0.6 is 72.9 Å². The smallest absolute Gasteiger partial charge is 0.411 e. The summed E-state index contributed by atoms with van der Waals surface area (Å²) in [6.45, 7) is 51.0. The molecule has 0 unspecified atom stereocenters. The van der Waals surface area contributed by atoms with E-state index in [-0.39, 0.29) is 80.0 Å². The van der Waals surface area contributed by atoms with E-state index in [4.69, 9.17) is 42.0 Å². The van der Waals surface area contributed by atoms with Crippen LogP contribution in [-0.2, 0) is 73.4 Å². The minimum Gasteiger partial charge on any atom is -0.451 e. The topological polar surface area (TPSA) is 548 Å². The summed E-state index contributed by atoms with van der Waals surface area (Å²) in [5, 5.41) is 21.6. The number of carbonyl (C=O) groups excluding carboxylic acids is 7. The number of rotatable bonds is 24. The van der Waals surface area contributed by atoms with Crippen LogP contribution in [0.5, 0.6) is 0 Å². The molecule has 50 heteroatoms. The lowest BCUT2D eigenvalue weighted by atomic mass is 10.1. The maximum atomic E-state index is 13.4. The van der Waals surface area contributed by atoms with E-state index in [0.29, 0.717) is 94.9 Å². The Morgan fingerprint density at radius 3 is 0.986 bits per heavy atom. The molecule has 4 aliphatic rings. The fourth-order valence-corrected chi connectivity index (χ4v) is 24.0. The molecule has 0 aliphatic carbocycles. The molecule has 6 amide bonds. The maximum absolute atomic E-state index is 13.4. The lowest BCUT2D eigenvalue weighted by Crippen LogP contribution is -2.60. The number of anilines is 7. The van der Waals surface area contributed by atoms with E-state index >= 15 is 0 Å². The van der Waals surface area contributed by atoms with Gasteiger partial charge in [0.2, 0.25) is 51.9 Å². The molecule has 40 nitrogen and oxygen atoms in total. The number of hydrogen-bond acceptors (Lipinski definition) is 34. The second-order valence-electron chi connectivity index (χ2n) is 39.8. The number of ether oxygens (including phenoxy) is 5. The lowest BCUT2D eigenvalue weighted by Gasteiger charge is -2.39. The van der Waals surface area contributed by atoms with Crippen LogP contribution < -0.4 is 82.3 Å². The number of halogens is 2. The highest BCUT2D eigenvalue weighted by Crippen LogP contribution is 2.43. The summed E-state index contributed by atoms with van der Waals surface area (Å²) < 4.78 is 141. The molecule has 0 radical (unpaired) electrons. The minimum atomic E-state index is -3.95. The molecular weight excluding hydrogens is 2050 g/mol. The molecule has 12 rings (SSSR count). The van der Waals surface area contributed by atoms with E-state index in [1.807, 2.05) is 51.3 Å². The molecule has 0 atom stereocenters. The van der Waals surface area contributed by atoms with Crippen molar-refractivity contribution in [1.82, 2.24) is 60.1 Å². The number of nitrogens with one attached hydrogen (secondary N) is 11. The predicted molar refractivity (Wildman–Crippen MR) is 556 cm³/mol. The minimum absolute atomic E-state index is 0.0135. The number of nitrogen functional groups attached to an aromatic ring is 1. The Morgan fingerprint density at radius 2 is 0.707 bits per heavy atom. The fourth-order valence-electron chi connectivity index (χ4n) is 12.7. The van der Waals surface area contributed by atoms with Gasteiger partial charge in [-0.3, -0.25) is 14.9 Å². The summed E-state index contributed by atoms with van der Waals surface area (Å²) >= 11 is 13.6. The maximum Gasteiger partial charge on any atom is 0.411 e. The number of thiazole rings is 4. The van der Waals surface area contributed by atoms with Crippen LogP contribution in [0.4, 0.5) is 62.1 Å². The highest BCUT2D eigenvalue weighted by molar-refractivity contribution is 9.11. The van der Waals surface area contributed by atoms with Crippen molar-refractivity contribution in [3.05, 3.63) is 102 Å². The van der Waals surface area contributed by atoms with Gasteiger partial charge in [-0.25, -0.2) is 96.5 Å². The van der Waals surface area contributed by atoms with E-state index < -0.39 is 97.2 Å². The van der Waals surface area contributed by atoms with E-state index in [2.05, 4.69) is 102 Å². The van der Waals surface area contributed by atoms with Crippen LogP contribution in [0.1, 0.15) is 180 Å². The summed E-state index contributed by atoms with van der Waals surface area (Å²) in [4.78, 5) is 106. The number of sulfonamides is 4. The van der Waals surface area contributed by atoms with Gasteiger partial charge in [-0.1, -0.05) is 58.3 Å². The van der Waals surface area contributed by atoms with E-state index in [9.17, 15) is 67.2 Å². The molecular formula is C90H132BrClN20O20S8. The average molecular weight is 2190 g/mol. The number of carbonyl (C=O) groups is 7. The Kier molecular flexibility index (Phi) is 40.8. The highest BCUT2D eigenvalue weighted by atomic mass is 79.9. The first-order chi connectivity index (χ1) is 64.3. The third-order valence-electron chi connectivity index (χ3n) is 17.8. The fraction of sp³-hybridized carbons (Fsp3) is 0.522. The third kappa shape index (κ3) is 39.3. The Morgan fingerprint density at radius 1 is 0.414 bits per heavy atom. The molecule has 4 aromatic heterocycles. The largest absolute Gasteiger partial charge is 0.451 e. The molecule has 4 aromatic carbocycles. The molecule has 8 aromatic rings. The first-order valence-electron chi connectivity index (χ1n) is 44.3. The number of benzene rings is 4. The van der Waals surface area contributed by atoms with Gasteiger partial charge in [0.05, 0.1) is 75.5 Å². The monoisotopic (exact) mass is 2180 g/mol. The van der Waals surface area contributed by atoms with Gasteiger partial charge in [0, 0.05) is 176 Å². The first-order valence-corrected chi connectivity index (χ1v) is 54.7. The molecule has 0 bridgehead atoms. The Labute approximate surface area is 850 Å². The molecule has 4 aliphatic heterocycles. The zero-order valence-electron chi connectivity index (χ0n) is 83.4. The van der Waals surface area contributed by atoms with Crippen molar-refractivity contribution in [2.45, 2.75) is 275 Å². The van der Waals surface area contributed by atoms with Crippen molar-refractivity contribution in [3.63, 3.8) is 0 Å². The van der Waals surface area contributed by atoms with Crippen LogP contribution in [0.2, 0.25) is 0 Å². The summed E-state index contributed by atoms with van der Waals surface area (Å²) in [7, 11) is -15.3. The summed E-state index contributed by atoms with van der Waals surface area (Å²) in [5.41, 5.74) is 10.9. The molecule has 0 saturated carbocycles. The van der Waals surface area contributed by atoms with Crippen molar-refractivity contribution in [1.29, 1.82) is 0 Å². The van der Waals surface area contributed by atoms with E-state index in [1.165, 1.54) is 83.5 Å². The average Bonchev–Trinajstić information content (AvgIpc) is 1.65. The molecule has 0 spiro atoms. The third-order valence-corrected chi connectivity index (χ3v) is 29.9. The molecule has 4 saturated heterocycles. The van der Waals surface area contributed by atoms with Gasteiger partial charge in [0.15, 0.2) is 19.3 Å². The lowest BCUT2D eigenvalue weighted by molar-refractivity contribution is -0.115. The van der Waals surface area contributed by atoms with Gasteiger partial charge in [-0.15, -0.1) is 11.3 Å². The number of hydrogen-bond donors (Lipinski definition) is 13. The van der Waals surface area contributed by atoms with Crippen LogP contribution in [0.25, 0.3) is 41.8 Å². The van der Waals surface area contributed by atoms with Crippen molar-refractivity contribution in [3.8, 4) is 41.8 Å². The normalized spacial score (nSPS) is 14.5. The van der Waals surface area contributed by atoms with Crippen LogP contribution in [0.3, 0.4) is 0 Å². The Bertz CT molecular complexity index is 6140. The van der Waals surface area contributed by atoms with Gasteiger partial charge < -0.3 is 81.8 Å². The number of aromatic nitrogens is 4. The van der Waals surface area contributed by atoms with E-state index in [0.717, 1.165) is 41.3 Å². The second-order valence-corrected chi connectivity index (χ2v) is 52.0. The predicted octanol–water partition coefficient (Wildman–Crippen LogP) is 15.2. The summed E-state index contributed by atoms with van der Waals surface area (Å²) in [5.74, 6) is -0.562. The highest BCUT2D eigenvalue weighted by Gasteiger charge is 2.38. The van der Waals surface area contributed by atoms with Gasteiger partial charge in [-0.05, 0) is 231 Å². The van der Waals surface area contributed by atoms with Crippen molar-refractivity contribution >= 4 is 193 Å². The Balaban J connectivity index is 0.000000241. The quantitative estimate of drug-likeness (QED) is 0.0152. The second kappa shape index (κ2) is 48.7. The molecule has 8 heterocycles. The van der Waals surface area contributed by atoms with Crippen molar-refractivity contribution in [2.24, 2.45) is 5.73 Å². The molecule has 4 fully saturated rings. The van der Waals surface area contributed by atoms with Crippen LogP contribution in [0.15, 0.2) is 121 Å². The van der Waals surface area contributed by atoms with Crippen LogP contribution in [-0.4, -0.2) is 223 Å². The van der Waals surface area contributed by atoms with Crippen LogP contribution in [0, 0.1) is 0 Å². The van der Waals surface area contributed by atoms with E-state index in [1.54, 1.807) is 198 Å². The van der Waals surface area contributed by atoms with Crippen molar-refractivity contribution in [2.75, 3.05) is 88.7 Å². The van der Waals surface area contributed by atoms with Crippen molar-refractivity contribution < 1.29 is 90.9 Å². The molecule has 140 heavy (non-hydrogen) atoms. The molecule has 774 valence electrons. The SMILES string of the molecule is CC(=O)Nc1ccc(-c2cnc(Br)s2)c(S(=O)(=O)NC(C)(C)C)c1.CC(=O)Nc1ccc(-c2cnc(N3CC(NC(=O)OC(C)(C)C)C3)s2)c(S(=O)(=O)NC(C)(C)C)c1.CC(C)(C)NS(=O)(=O)c1cc(N)ccc1-c1cnc(N2CC(N)C2)s1.CC(C)(C)OC(=O)NC1CNC1.CC(C)OC(=O)Cl.CC(C)OC(=O)Nc1ccc(-c2cnc(N3CC(NC(=O)OC(C)C)C3)s2)c(S(=O)(=O)NC(C)(C)C)c1. The standard InChI is InChI=1S/C24H35N5O6S2.C23H33N5O5S2.C16H23N5O2S2.C15H18BrN3O3S2.C8H16N2O2.C4H7ClO2/c1-14(2)34-22(30)26-16-8-9-18(20(10-16)37(32,33)28-24(5,6)7)19-11-25-21(36-19)29-12-17(13-29)27-23(31)35-15(3)4;1-14(29)25-15-8-9-17(19(10-15)35(31,32)27-22(2,3)4)18-11-24-20(34-18)28-12-16(13-28)26-21(30)33-23(5,6)7;1-16(2,3)20-25(22,23)14-6-10(17)4-5-12(14)13-7-19-15(24-13)21-8-11(18)9-21;1-9(20)18-10-5-6-11(12-8-17-14(16)23-12)13(7-10)24(21,22)19-15(2,3)4;1-8(2,3)12-7(11)10-6-4-9-5-6;1-3(2)7-4(5)6/h8-11,14-15,17,28H,12-13H2,1-7H3,(H,26,30)(H,27,31);8-11,16,27H,12-13H2,1-7H3,(H,25,29)(H,26,30);4-7,11,20H,8-9,17-18H2,1-3H3;5-8,19H,1-4H3,(H,18,20);6,9H,4-5H2,1-3H3,(H,10,11);3H,1-2H3. The number of nitrogens with zero attached hydrogens (tertiary/aromatic N) is 7. The number of amides is 6. The number of nitrogens with two attached hydrogens (primary N) is 2. The molecule has 15 N–H and O–H groups in total. The van der Waals surface area contributed by atoms with Gasteiger partial charge in [-0.2, -0.15) is 0 Å². The van der Waals surface area contributed by atoms with Gasteiger partial charge in [0.1, 0.15) is 11.2 Å². The van der Waals surface area contributed by atoms with Gasteiger partial charge in [0.25, 0.3) is 0 Å². The van der Waals surface area contributed by atoms with Gasteiger partial charge >= 0.3 is 29.8 Å². The first kappa shape index (κ1) is 117. The summed E-state index contributed by atoms with van der Waals surface area (Å²) in [6, 6.07) is 19.5. The summed E-state index contributed by atoms with van der Waals surface area (Å²) in [6.07, 6.45) is 4.04. The zero-order valence-corrected chi connectivity index (χ0v) is 92.3. The number of alkyl carbamates (subject to hydrolysis) is 3.